The molecular weight excluding hydrogens is 268 g/mol. The first-order valence-corrected chi connectivity index (χ1v) is 6.36. The van der Waals surface area contributed by atoms with Crippen molar-refractivity contribution in [2.24, 2.45) is 0 Å². The number of amides is 2. The quantitative estimate of drug-likeness (QED) is 0.596. The third-order valence-corrected chi connectivity index (χ3v) is 2.92. The lowest BCUT2D eigenvalue weighted by atomic mass is 10.0. The molecule has 0 atom stereocenters. The molecule has 5 heteroatoms. The van der Waals surface area contributed by atoms with E-state index in [9.17, 15) is 14.7 Å². The number of carbonyl (C=O) groups excluding carboxylic acids is 1. The highest BCUT2D eigenvalue weighted by atomic mass is 16.4. The van der Waals surface area contributed by atoms with Crippen molar-refractivity contribution >= 4 is 28.5 Å². The molecule has 0 aliphatic carbocycles. The van der Waals surface area contributed by atoms with Gasteiger partial charge in [-0.3, -0.25) is 0 Å². The Morgan fingerprint density at radius 2 is 1.86 bits per heavy atom. The minimum absolute atomic E-state index is 0.0424. The molecule has 0 heterocycles. The van der Waals surface area contributed by atoms with Gasteiger partial charge in [0.25, 0.3) is 0 Å². The number of benzene rings is 2. The normalized spacial score (nSPS) is 9.86. The van der Waals surface area contributed by atoms with E-state index >= 15 is 0 Å². The molecule has 3 N–H and O–H groups in total. The zero-order valence-corrected chi connectivity index (χ0v) is 11.2. The standard InChI is InChI=1S/C16H14N2O3/c1-2-3-8-17-16(21)18-14-10-12-7-5-4-6-11(12)9-13(14)15(19)20/h1,4-7,9-10H,3,8H2,(H,19,20)(H2,17,18,21). The second kappa shape index (κ2) is 6.44. The summed E-state index contributed by atoms with van der Waals surface area (Å²) in [5, 5.41) is 16.0. The third-order valence-electron chi connectivity index (χ3n) is 2.92. The van der Waals surface area contributed by atoms with E-state index in [4.69, 9.17) is 6.42 Å². The van der Waals surface area contributed by atoms with Crippen LogP contribution in [0.5, 0.6) is 0 Å². The summed E-state index contributed by atoms with van der Waals surface area (Å²) in [6.45, 7) is 0.332. The average molecular weight is 282 g/mol. The fraction of sp³-hybridized carbons (Fsp3) is 0.125. The minimum Gasteiger partial charge on any atom is -0.478 e. The molecular formula is C16H14N2O3. The van der Waals surface area contributed by atoms with Crippen LogP contribution in [-0.2, 0) is 0 Å². The van der Waals surface area contributed by atoms with E-state index < -0.39 is 12.0 Å². The maximum absolute atomic E-state index is 11.7. The summed E-state index contributed by atoms with van der Waals surface area (Å²) in [4.78, 5) is 23.0. The molecule has 0 unspecified atom stereocenters. The SMILES string of the molecule is C#CCCNC(=O)Nc1cc2ccccc2cc1C(=O)O. The van der Waals surface area contributed by atoms with Crippen LogP contribution >= 0.6 is 0 Å². The van der Waals surface area contributed by atoms with E-state index in [1.54, 1.807) is 6.07 Å². The third kappa shape index (κ3) is 3.51. The highest BCUT2D eigenvalue weighted by Crippen LogP contribution is 2.24. The molecule has 0 radical (unpaired) electrons. The maximum Gasteiger partial charge on any atom is 0.337 e. The molecule has 5 nitrogen and oxygen atoms in total. The number of rotatable bonds is 4. The zero-order valence-electron chi connectivity index (χ0n) is 11.2. The largest absolute Gasteiger partial charge is 0.478 e. The predicted molar refractivity (Wildman–Crippen MR) is 81.4 cm³/mol. The van der Waals surface area contributed by atoms with Crippen LogP contribution in [0.1, 0.15) is 16.8 Å². The molecule has 0 spiro atoms. The van der Waals surface area contributed by atoms with E-state index in [-0.39, 0.29) is 11.3 Å². The fourth-order valence-electron chi connectivity index (χ4n) is 1.94. The van der Waals surface area contributed by atoms with Gasteiger partial charge < -0.3 is 15.7 Å². The number of hydrogen-bond acceptors (Lipinski definition) is 2. The molecule has 21 heavy (non-hydrogen) atoms. The first-order valence-electron chi connectivity index (χ1n) is 6.36. The second-order valence-electron chi connectivity index (χ2n) is 4.39. The van der Waals surface area contributed by atoms with Gasteiger partial charge >= 0.3 is 12.0 Å². The molecule has 0 saturated heterocycles. The van der Waals surface area contributed by atoms with Gasteiger partial charge in [0.1, 0.15) is 0 Å². The van der Waals surface area contributed by atoms with Gasteiger partial charge in [0.05, 0.1) is 11.3 Å². The van der Waals surface area contributed by atoms with E-state index in [1.165, 1.54) is 6.07 Å². The van der Waals surface area contributed by atoms with Crippen molar-refractivity contribution in [2.45, 2.75) is 6.42 Å². The monoisotopic (exact) mass is 282 g/mol. The number of hydrogen-bond donors (Lipinski definition) is 3. The fourth-order valence-corrected chi connectivity index (χ4v) is 1.94. The summed E-state index contributed by atoms with van der Waals surface area (Å²) >= 11 is 0. The number of carbonyl (C=O) groups is 2. The average Bonchev–Trinajstić information content (AvgIpc) is 2.46. The Bertz CT molecular complexity index is 732. The molecule has 2 rings (SSSR count). The van der Waals surface area contributed by atoms with E-state index in [1.807, 2.05) is 24.3 Å². The molecule has 0 aliphatic rings. The van der Waals surface area contributed by atoms with Crippen molar-refractivity contribution in [3.05, 3.63) is 42.0 Å². The van der Waals surface area contributed by atoms with E-state index in [2.05, 4.69) is 16.6 Å². The first kappa shape index (κ1) is 14.4. The highest BCUT2D eigenvalue weighted by molar-refractivity contribution is 6.04. The number of anilines is 1. The number of carboxylic acid groups (broad SMARTS) is 1. The summed E-state index contributed by atoms with van der Waals surface area (Å²) in [5.74, 6) is 1.31. The minimum atomic E-state index is -1.10. The predicted octanol–water partition coefficient (Wildman–Crippen LogP) is 2.68. The Hall–Kier alpha value is -3.00. The number of urea groups is 1. The van der Waals surface area contributed by atoms with Gasteiger partial charge in [-0.15, -0.1) is 12.3 Å². The molecule has 2 amide bonds. The summed E-state index contributed by atoms with van der Waals surface area (Å²) in [5.41, 5.74) is 0.292. The van der Waals surface area contributed by atoms with Crippen molar-refractivity contribution in [3.8, 4) is 12.3 Å². The maximum atomic E-state index is 11.7. The molecule has 0 saturated carbocycles. The van der Waals surface area contributed by atoms with E-state index in [0.717, 1.165) is 10.8 Å². The van der Waals surface area contributed by atoms with Gasteiger partial charge in [0.15, 0.2) is 0 Å². The number of aromatic carboxylic acids is 1. The number of carboxylic acids is 1. The molecule has 0 aromatic heterocycles. The smallest absolute Gasteiger partial charge is 0.337 e. The Morgan fingerprint density at radius 3 is 2.48 bits per heavy atom. The van der Waals surface area contributed by atoms with Crippen LogP contribution in [0.4, 0.5) is 10.5 Å². The lowest BCUT2D eigenvalue weighted by Crippen LogP contribution is -2.30. The number of terminal acetylenes is 1. The number of nitrogens with one attached hydrogen (secondary N) is 2. The first-order chi connectivity index (χ1) is 10.1. The van der Waals surface area contributed by atoms with Crippen LogP contribution in [-0.4, -0.2) is 23.7 Å². The van der Waals surface area contributed by atoms with Crippen LogP contribution in [0.2, 0.25) is 0 Å². The molecule has 2 aromatic carbocycles. The van der Waals surface area contributed by atoms with Crippen LogP contribution in [0, 0.1) is 12.3 Å². The Morgan fingerprint density at radius 1 is 1.19 bits per heavy atom. The molecule has 0 fully saturated rings. The summed E-state index contributed by atoms with van der Waals surface area (Å²) in [6.07, 6.45) is 5.51. The van der Waals surface area contributed by atoms with Gasteiger partial charge in [-0.05, 0) is 22.9 Å². The van der Waals surface area contributed by atoms with Crippen molar-refractivity contribution in [1.29, 1.82) is 0 Å². The van der Waals surface area contributed by atoms with Gasteiger partial charge in [0, 0.05) is 13.0 Å². The molecule has 0 aliphatic heterocycles. The second-order valence-corrected chi connectivity index (χ2v) is 4.39. The topological polar surface area (TPSA) is 78.4 Å². The lowest BCUT2D eigenvalue weighted by molar-refractivity contribution is 0.0698. The summed E-state index contributed by atoms with van der Waals surface area (Å²) in [7, 11) is 0. The molecule has 0 bridgehead atoms. The molecule has 2 aromatic rings. The van der Waals surface area contributed by atoms with Crippen LogP contribution in [0.25, 0.3) is 10.8 Å². The van der Waals surface area contributed by atoms with Crippen LogP contribution in [0.3, 0.4) is 0 Å². The summed E-state index contributed by atoms with van der Waals surface area (Å²) in [6, 6.07) is 10.0. The van der Waals surface area contributed by atoms with Gasteiger partial charge in [-0.25, -0.2) is 9.59 Å². The number of fused-ring (bicyclic) bond motifs is 1. The summed E-state index contributed by atoms with van der Waals surface area (Å²) < 4.78 is 0. The van der Waals surface area contributed by atoms with Crippen molar-refractivity contribution in [3.63, 3.8) is 0 Å². The Labute approximate surface area is 122 Å². The van der Waals surface area contributed by atoms with Crippen molar-refractivity contribution in [1.82, 2.24) is 5.32 Å². The van der Waals surface area contributed by atoms with E-state index in [0.29, 0.717) is 13.0 Å². The van der Waals surface area contributed by atoms with Gasteiger partial charge in [0.2, 0.25) is 0 Å². The van der Waals surface area contributed by atoms with Crippen LogP contribution in [0.15, 0.2) is 36.4 Å². The van der Waals surface area contributed by atoms with Gasteiger partial charge in [-0.1, -0.05) is 24.3 Å². The Balaban J connectivity index is 2.29. The van der Waals surface area contributed by atoms with Crippen molar-refractivity contribution < 1.29 is 14.7 Å². The van der Waals surface area contributed by atoms with Crippen LogP contribution < -0.4 is 10.6 Å². The lowest BCUT2D eigenvalue weighted by Gasteiger charge is -2.11. The van der Waals surface area contributed by atoms with Crippen molar-refractivity contribution in [2.75, 3.05) is 11.9 Å². The zero-order chi connectivity index (χ0) is 15.2. The molecule has 106 valence electrons. The Kier molecular flexibility index (Phi) is 4.42. The van der Waals surface area contributed by atoms with Gasteiger partial charge in [-0.2, -0.15) is 0 Å². The highest BCUT2D eigenvalue weighted by Gasteiger charge is 2.13.